The summed E-state index contributed by atoms with van der Waals surface area (Å²) in [7, 11) is 0. The smallest absolute Gasteiger partial charge is 0.239 e. The van der Waals surface area contributed by atoms with Crippen LogP contribution in [0.15, 0.2) is 30.6 Å². The fourth-order valence-electron chi connectivity index (χ4n) is 1.45. The van der Waals surface area contributed by atoms with Gasteiger partial charge in [-0.1, -0.05) is 6.07 Å². The topological polar surface area (TPSA) is 88.8 Å². The minimum absolute atomic E-state index is 0.0797. The third kappa shape index (κ3) is 2.69. The summed E-state index contributed by atoms with van der Waals surface area (Å²) in [6.07, 6.45) is 2.73. The molecule has 2 aromatic rings. The van der Waals surface area contributed by atoms with Gasteiger partial charge in [0.25, 0.3) is 0 Å². The quantitative estimate of drug-likeness (QED) is 0.561. The molecule has 0 fully saturated rings. The van der Waals surface area contributed by atoms with Crippen molar-refractivity contribution in [1.29, 1.82) is 0 Å². The van der Waals surface area contributed by atoms with Crippen LogP contribution in [0, 0.1) is 5.82 Å². The lowest BCUT2D eigenvalue weighted by atomic mass is 10.2. The van der Waals surface area contributed by atoms with Gasteiger partial charge in [-0.3, -0.25) is 10.4 Å². The maximum absolute atomic E-state index is 13.5. The maximum Gasteiger partial charge on any atom is 0.239 e. The van der Waals surface area contributed by atoms with Gasteiger partial charge >= 0.3 is 0 Å². The SMILES string of the molecule is CC(Nc1nc(NN)ncc1F)c1ccccn1. The highest BCUT2D eigenvalue weighted by atomic mass is 19.1. The van der Waals surface area contributed by atoms with Crippen LogP contribution in [0.1, 0.15) is 18.7 Å². The van der Waals surface area contributed by atoms with Crippen LogP contribution < -0.4 is 16.6 Å². The number of pyridine rings is 1. The van der Waals surface area contributed by atoms with Gasteiger partial charge in [0.1, 0.15) is 0 Å². The van der Waals surface area contributed by atoms with Gasteiger partial charge in [0.2, 0.25) is 5.95 Å². The molecule has 0 saturated carbocycles. The molecule has 6 nitrogen and oxygen atoms in total. The molecule has 0 aliphatic carbocycles. The van der Waals surface area contributed by atoms with Crippen molar-refractivity contribution in [2.75, 3.05) is 10.7 Å². The van der Waals surface area contributed by atoms with Crippen LogP contribution in [0.2, 0.25) is 0 Å². The zero-order valence-electron chi connectivity index (χ0n) is 9.76. The molecule has 1 unspecified atom stereocenters. The van der Waals surface area contributed by atoms with E-state index in [4.69, 9.17) is 5.84 Å². The van der Waals surface area contributed by atoms with Crippen LogP contribution in [-0.2, 0) is 0 Å². The molecule has 2 rings (SSSR count). The van der Waals surface area contributed by atoms with Crippen LogP contribution in [0.3, 0.4) is 0 Å². The number of halogens is 1. The van der Waals surface area contributed by atoms with Gasteiger partial charge in [-0.2, -0.15) is 4.98 Å². The monoisotopic (exact) mass is 248 g/mol. The van der Waals surface area contributed by atoms with Crippen LogP contribution in [0.25, 0.3) is 0 Å². The first-order valence-corrected chi connectivity index (χ1v) is 5.37. The first-order valence-electron chi connectivity index (χ1n) is 5.37. The molecule has 0 amide bonds. The molecule has 7 heteroatoms. The summed E-state index contributed by atoms with van der Waals surface area (Å²) in [5.41, 5.74) is 3.05. The van der Waals surface area contributed by atoms with Crippen LogP contribution in [0.4, 0.5) is 16.2 Å². The van der Waals surface area contributed by atoms with Gasteiger partial charge in [-0.25, -0.2) is 15.2 Å². The Labute approximate surface area is 103 Å². The highest BCUT2D eigenvalue weighted by Crippen LogP contribution is 2.18. The van der Waals surface area contributed by atoms with Gasteiger partial charge in [0, 0.05) is 6.20 Å². The Morgan fingerprint density at radius 3 is 2.83 bits per heavy atom. The number of hydrazine groups is 1. The second-order valence-electron chi connectivity index (χ2n) is 3.66. The third-order valence-electron chi connectivity index (χ3n) is 2.36. The van der Waals surface area contributed by atoms with Gasteiger partial charge in [0.05, 0.1) is 17.9 Å². The Morgan fingerprint density at radius 1 is 1.33 bits per heavy atom. The fraction of sp³-hybridized carbons (Fsp3) is 0.182. The highest BCUT2D eigenvalue weighted by molar-refractivity contribution is 5.42. The van der Waals surface area contributed by atoms with E-state index in [1.807, 2.05) is 25.1 Å². The lowest BCUT2D eigenvalue weighted by Gasteiger charge is -2.14. The van der Waals surface area contributed by atoms with Crippen LogP contribution in [-0.4, -0.2) is 15.0 Å². The van der Waals surface area contributed by atoms with E-state index in [-0.39, 0.29) is 17.8 Å². The van der Waals surface area contributed by atoms with Crippen molar-refractivity contribution in [3.8, 4) is 0 Å². The Kier molecular flexibility index (Phi) is 3.63. The lowest BCUT2D eigenvalue weighted by molar-refractivity contribution is 0.613. The van der Waals surface area contributed by atoms with Crippen molar-refractivity contribution >= 4 is 11.8 Å². The molecule has 0 aliphatic rings. The minimum Gasteiger partial charge on any atom is -0.359 e. The van der Waals surface area contributed by atoms with E-state index in [2.05, 4.69) is 25.7 Å². The third-order valence-corrected chi connectivity index (χ3v) is 2.36. The molecule has 0 aromatic carbocycles. The number of nitrogens with two attached hydrogens (primary N) is 1. The van der Waals surface area contributed by atoms with E-state index in [1.54, 1.807) is 6.20 Å². The number of rotatable bonds is 4. The van der Waals surface area contributed by atoms with E-state index < -0.39 is 5.82 Å². The van der Waals surface area contributed by atoms with E-state index in [0.29, 0.717) is 0 Å². The van der Waals surface area contributed by atoms with Gasteiger partial charge < -0.3 is 5.32 Å². The Balaban J connectivity index is 2.18. The number of anilines is 2. The predicted molar refractivity (Wildman–Crippen MR) is 66.1 cm³/mol. The highest BCUT2D eigenvalue weighted by Gasteiger charge is 2.11. The number of hydrogen-bond donors (Lipinski definition) is 3. The van der Waals surface area contributed by atoms with Crippen molar-refractivity contribution in [2.45, 2.75) is 13.0 Å². The maximum atomic E-state index is 13.5. The molecule has 0 radical (unpaired) electrons. The number of nitrogens with zero attached hydrogens (tertiary/aromatic N) is 3. The lowest BCUT2D eigenvalue weighted by Crippen LogP contribution is -2.15. The zero-order chi connectivity index (χ0) is 13.0. The zero-order valence-corrected chi connectivity index (χ0v) is 9.76. The molecule has 18 heavy (non-hydrogen) atoms. The molecular formula is C11H13FN6. The normalized spacial score (nSPS) is 11.9. The summed E-state index contributed by atoms with van der Waals surface area (Å²) in [6, 6.07) is 5.35. The van der Waals surface area contributed by atoms with E-state index in [9.17, 15) is 4.39 Å². The summed E-state index contributed by atoms with van der Waals surface area (Å²) in [4.78, 5) is 11.7. The molecule has 4 N–H and O–H groups in total. The largest absolute Gasteiger partial charge is 0.359 e. The first-order chi connectivity index (χ1) is 8.70. The Morgan fingerprint density at radius 2 is 2.17 bits per heavy atom. The van der Waals surface area contributed by atoms with Crippen molar-refractivity contribution in [3.63, 3.8) is 0 Å². The predicted octanol–water partition coefficient (Wildman–Crippen LogP) is 1.47. The van der Waals surface area contributed by atoms with Crippen molar-refractivity contribution in [2.24, 2.45) is 5.84 Å². The van der Waals surface area contributed by atoms with E-state index >= 15 is 0 Å². The Bertz CT molecular complexity index is 518. The molecule has 0 bridgehead atoms. The number of aromatic nitrogens is 3. The molecule has 94 valence electrons. The summed E-state index contributed by atoms with van der Waals surface area (Å²) < 4.78 is 13.5. The van der Waals surface area contributed by atoms with Crippen LogP contribution in [0.5, 0.6) is 0 Å². The van der Waals surface area contributed by atoms with Gasteiger partial charge in [0.15, 0.2) is 11.6 Å². The number of nitrogen functional groups attached to an aromatic ring is 1. The van der Waals surface area contributed by atoms with E-state index in [0.717, 1.165) is 11.9 Å². The summed E-state index contributed by atoms with van der Waals surface area (Å²) in [6.45, 7) is 1.86. The summed E-state index contributed by atoms with van der Waals surface area (Å²) in [5.74, 6) is 4.85. The number of hydrogen-bond acceptors (Lipinski definition) is 6. The minimum atomic E-state index is -0.545. The Hall–Kier alpha value is -2.28. The molecule has 1 atom stereocenters. The molecular weight excluding hydrogens is 235 g/mol. The molecule has 2 heterocycles. The fourth-order valence-corrected chi connectivity index (χ4v) is 1.45. The average Bonchev–Trinajstić information content (AvgIpc) is 2.42. The second kappa shape index (κ2) is 5.37. The molecule has 0 spiro atoms. The van der Waals surface area contributed by atoms with Crippen molar-refractivity contribution in [3.05, 3.63) is 42.1 Å². The summed E-state index contributed by atoms with van der Waals surface area (Å²) in [5, 5.41) is 2.92. The van der Waals surface area contributed by atoms with Crippen molar-refractivity contribution in [1.82, 2.24) is 15.0 Å². The average molecular weight is 248 g/mol. The molecule has 0 aliphatic heterocycles. The summed E-state index contributed by atoms with van der Waals surface area (Å²) >= 11 is 0. The number of nitrogens with one attached hydrogen (secondary N) is 2. The van der Waals surface area contributed by atoms with Gasteiger partial charge in [-0.15, -0.1) is 0 Å². The van der Waals surface area contributed by atoms with Crippen molar-refractivity contribution < 1.29 is 4.39 Å². The standard InChI is InChI=1S/C11H13FN6/c1-7(9-4-2-3-5-14-9)16-10-8(12)6-15-11(17-10)18-13/h2-7H,13H2,1H3,(H2,15,16,17,18). The molecule has 2 aromatic heterocycles. The first kappa shape index (κ1) is 12.2. The van der Waals surface area contributed by atoms with E-state index in [1.165, 1.54) is 0 Å². The molecule has 0 saturated heterocycles. The second-order valence-corrected chi connectivity index (χ2v) is 3.66. The van der Waals surface area contributed by atoms with Crippen LogP contribution >= 0.6 is 0 Å². The van der Waals surface area contributed by atoms with Gasteiger partial charge in [-0.05, 0) is 19.1 Å².